The van der Waals surface area contributed by atoms with Crippen LogP contribution in [0, 0.1) is 0 Å². The summed E-state index contributed by atoms with van der Waals surface area (Å²) >= 11 is 3.38. The Labute approximate surface area is 527 Å². The maximum atomic E-state index is 11.2. The van der Waals surface area contributed by atoms with Gasteiger partial charge < -0.3 is 39.0 Å². The third-order valence-corrected chi connectivity index (χ3v) is 15.9. The number of fused-ring (bicyclic) bond motifs is 4. The van der Waals surface area contributed by atoms with E-state index in [0.717, 1.165) is 101 Å². The summed E-state index contributed by atoms with van der Waals surface area (Å²) in [5.74, 6) is 5.98. The van der Waals surface area contributed by atoms with Crippen LogP contribution in [-0.4, -0.2) is 85.6 Å². The van der Waals surface area contributed by atoms with Gasteiger partial charge in [-0.25, -0.2) is 29.9 Å². The molecule has 10 aromatic carbocycles. The lowest BCUT2D eigenvalue weighted by atomic mass is 10.0. The van der Waals surface area contributed by atoms with Gasteiger partial charge in [0.2, 0.25) is 0 Å². The van der Waals surface area contributed by atoms with Crippen molar-refractivity contribution in [2.75, 3.05) is 40.4 Å². The first-order valence-electron chi connectivity index (χ1n) is 29.9. The predicted molar refractivity (Wildman–Crippen MR) is 361 cm³/mol. The second-order valence-electron chi connectivity index (χ2n) is 21.1. The van der Waals surface area contributed by atoms with Crippen LogP contribution in [0.15, 0.2) is 182 Å². The van der Waals surface area contributed by atoms with E-state index in [0.29, 0.717) is 52.6 Å². The van der Waals surface area contributed by atoms with Crippen LogP contribution in [0.5, 0.6) is 46.0 Å². The third kappa shape index (κ3) is 14.1. The van der Waals surface area contributed by atoms with Crippen LogP contribution in [0.2, 0.25) is 0 Å². The van der Waals surface area contributed by atoms with E-state index < -0.39 is 0 Å². The standard InChI is InChI=1S/C37H35N3O4.C31H23N3O4.C6H13Br/c1-4-5-6-11-22-44-24-16-17-31(32(41)23-24)37-39-35(29-18-20-33(42-2)27-14-9-7-12-25(27)29)38-36(40-37)30-19-21-34(43-3)28-15-10-8-13-26(28)30;1-37-27-15-13-23(19-7-3-5-9-21(19)27)29-32-30(34-31(33-29)25-12-11-18(35)17-26(25)36)24-14-16-28(38-2)22-10-6-4-8-20(22)24;1-2-3-4-5-6-7/h7-10,12-21,23,41H,4-6,11,22H2,1-3H3;3-17,35-36H,1-2H3;2-6H2,1H3. The molecule has 0 radical (unpaired) electrons. The topological polar surface area (TPSA) is 184 Å². The van der Waals surface area contributed by atoms with Crippen molar-refractivity contribution in [1.82, 2.24) is 29.9 Å². The van der Waals surface area contributed by atoms with Crippen molar-refractivity contribution in [3.63, 3.8) is 0 Å². The SMILES string of the molecule is CCCCCCBr.CCCCCCOc1ccc(-c2nc(-c3ccc(OC)c4ccccc34)nc(-c3ccc(OC)c4ccccc34)n2)c(O)c1.COc1ccc(-c2nc(-c3ccc(O)cc3O)nc(-c3ccc(OC)c4ccccc34)n2)c2ccccc12. The lowest BCUT2D eigenvalue weighted by molar-refractivity contribution is 0.303. The molecule has 0 saturated heterocycles. The number of alkyl halides is 1. The third-order valence-electron chi connectivity index (χ3n) is 15.3. The molecular formula is C74H71BrN6O8. The smallest absolute Gasteiger partial charge is 0.167 e. The quantitative estimate of drug-likeness (QED) is 0.0484. The lowest BCUT2D eigenvalue weighted by Gasteiger charge is -2.14. The van der Waals surface area contributed by atoms with Crippen LogP contribution in [0.3, 0.4) is 0 Å². The van der Waals surface area contributed by atoms with Crippen molar-refractivity contribution in [3.8, 4) is 114 Å². The summed E-state index contributed by atoms with van der Waals surface area (Å²) in [4.78, 5) is 29.3. The van der Waals surface area contributed by atoms with Crippen molar-refractivity contribution >= 4 is 59.0 Å². The number of methoxy groups -OCH3 is 4. The largest absolute Gasteiger partial charge is 0.508 e. The predicted octanol–water partition coefficient (Wildman–Crippen LogP) is 18.4. The summed E-state index contributed by atoms with van der Waals surface area (Å²) in [5, 5.41) is 40.4. The van der Waals surface area contributed by atoms with Crippen molar-refractivity contribution in [2.45, 2.75) is 65.2 Å². The number of aromatic nitrogens is 6. The van der Waals surface area contributed by atoms with Gasteiger partial charge in [0.15, 0.2) is 34.9 Å². The molecule has 2 aromatic heterocycles. The Morgan fingerprint density at radius 2 is 0.629 bits per heavy atom. The Morgan fingerprint density at radius 3 is 0.944 bits per heavy atom. The number of hydrogen-bond donors (Lipinski definition) is 3. The zero-order chi connectivity index (χ0) is 62.2. The Kier molecular flexibility index (Phi) is 20.8. The van der Waals surface area contributed by atoms with Crippen molar-refractivity contribution < 1.29 is 39.0 Å². The molecule has 0 saturated carbocycles. The van der Waals surface area contributed by atoms with E-state index in [-0.39, 0.29) is 23.1 Å². The van der Waals surface area contributed by atoms with Crippen LogP contribution < -0.4 is 23.7 Å². The second kappa shape index (κ2) is 29.7. The molecule has 0 atom stereocenters. The Bertz CT molecular complexity index is 4210. The number of phenolic OH excluding ortho intramolecular Hbond substituents is 3. The van der Waals surface area contributed by atoms with Crippen molar-refractivity contribution in [3.05, 3.63) is 182 Å². The van der Waals surface area contributed by atoms with E-state index >= 15 is 0 Å². The molecule has 14 nitrogen and oxygen atoms in total. The number of phenols is 3. The highest BCUT2D eigenvalue weighted by Crippen LogP contribution is 2.41. The van der Waals surface area contributed by atoms with Gasteiger partial charge in [-0.1, -0.05) is 165 Å². The van der Waals surface area contributed by atoms with Crippen LogP contribution in [0.1, 0.15) is 65.2 Å². The van der Waals surface area contributed by atoms with E-state index in [1.54, 1.807) is 46.6 Å². The van der Waals surface area contributed by atoms with Gasteiger partial charge in [0.1, 0.15) is 46.0 Å². The maximum Gasteiger partial charge on any atom is 0.167 e. The average molecular weight is 1250 g/mol. The molecule has 0 spiro atoms. The molecular weight excluding hydrogens is 1180 g/mol. The Morgan fingerprint density at radius 1 is 0.326 bits per heavy atom. The van der Waals surface area contributed by atoms with Crippen LogP contribution in [-0.2, 0) is 0 Å². The van der Waals surface area contributed by atoms with E-state index in [1.165, 1.54) is 56.0 Å². The van der Waals surface area contributed by atoms with Crippen LogP contribution in [0.25, 0.3) is 111 Å². The van der Waals surface area contributed by atoms with Gasteiger partial charge in [-0.2, -0.15) is 0 Å². The van der Waals surface area contributed by atoms with Gasteiger partial charge in [0.05, 0.1) is 46.2 Å². The zero-order valence-corrected chi connectivity index (χ0v) is 52.4. The molecule has 0 aliphatic carbocycles. The van der Waals surface area contributed by atoms with E-state index in [1.807, 2.05) is 152 Å². The lowest BCUT2D eigenvalue weighted by Crippen LogP contribution is -2.02. The van der Waals surface area contributed by atoms with E-state index in [4.69, 9.17) is 53.6 Å². The molecule has 0 aliphatic heterocycles. The number of halogens is 1. The second-order valence-corrected chi connectivity index (χ2v) is 21.9. The molecule has 12 aromatic rings. The molecule has 0 amide bonds. The fourth-order valence-corrected chi connectivity index (χ4v) is 11.2. The molecule has 89 heavy (non-hydrogen) atoms. The van der Waals surface area contributed by atoms with Gasteiger partial charge in [-0.05, 0) is 107 Å². The fraction of sp³-hybridized carbons (Fsp3) is 0.216. The maximum absolute atomic E-state index is 11.2. The molecule has 12 rings (SSSR count). The first-order chi connectivity index (χ1) is 43.6. The number of unbranched alkanes of at least 4 members (excludes halogenated alkanes) is 6. The van der Waals surface area contributed by atoms with E-state index in [2.05, 4.69) is 29.8 Å². The summed E-state index contributed by atoms with van der Waals surface area (Å²) in [7, 11) is 6.61. The van der Waals surface area contributed by atoms with Crippen LogP contribution in [0.4, 0.5) is 0 Å². The first-order valence-corrected chi connectivity index (χ1v) is 31.0. The summed E-state index contributed by atoms with van der Waals surface area (Å²) < 4.78 is 28.3. The van der Waals surface area contributed by atoms with Crippen LogP contribution >= 0.6 is 15.9 Å². The fourth-order valence-electron chi connectivity index (χ4n) is 10.8. The summed E-state index contributed by atoms with van der Waals surface area (Å²) in [5.41, 5.74) is 4.11. The highest BCUT2D eigenvalue weighted by molar-refractivity contribution is 9.09. The summed E-state index contributed by atoms with van der Waals surface area (Å²) in [6.45, 7) is 5.02. The molecule has 0 unspecified atom stereocenters. The Balaban J connectivity index is 0.000000179. The van der Waals surface area contributed by atoms with Crippen molar-refractivity contribution in [2.24, 2.45) is 0 Å². The summed E-state index contributed by atoms with van der Waals surface area (Å²) in [6.07, 6.45) is 9.92. The van der Waals surface area contributed by atoms with Gasteiger partial charge in [-0.3, -0.25) is 0 Å². The zero-order valence-electron chi connectivity index (χ0n) is 50.8. The van der Waals surface area contributed by atoms with Gasteiger partial charge in [0, 0.05) is 61.3 Å². The monoisotopic (exact) mass is 1250 g/mol. The molecule has 3 N–H and O–H groups in total. The normalized spacial score (nSPS) is 11.0. The minimum absolute atomic E-state index is 0.0401. The Hall–Kier alpha value is -9.86. The number of benzene rings is 10. The molecule has 0 fully saturated rings. The number of aromatic hydroxyl groups is 3. The van der Waals surface area contributed by atoms with Gasteiger partial charge in [0.25, 0.3) is 0 Å². The average Bonchev–Trinajstić information content (AvgIpc) is 1.67. The minimum Gasteiger partial charge on any atom is -0.508 e. The van der Waals surface area contributed by atoms with Gasteiger partial charge >= 0.3 is 0 Å². The molecule has 2 heterocycles. The number of ether oxygens (including phenoxy) is 5. The number of rotatable bonds is 20. The highest BCUT2D eigenvalue weighted by Gasteiger charge is 2.22. The summed E-state index contributed by atoms with van der Waals surface area (Å²) in [6, 6.07) is 56.9. The molecule has 452 valence electrons. The minimum atomic E-state index is -0.132. The molecule has 15 heteroatoms. The number of nitrogens with zero attached hydrogens (tertiary/aromatic N) is 6. The van der Waals surface area contributed by atoms with E-state index in [9.17, 15) is 15.3 Å². The highest BCUT2D eigenvalue weighted by atomic mass is 79.9. The van der Waals surface area contributed by atoms with Crippen molar-refractivity contribution in [1.29, 1.82) is 0 Å². The number of hydrogen-bond acceptors (Lipinski definition) is 14. The molecule has 0 aliphatic rings. The van der Waals surface area contributed by atoms with Gasteiger partial charge in [-0.15, -0.1) is 0 Å². The molecule has 0 bridgehead atoms. The first kappa shape index (κ1) is 62.2.